The van der Waals surface area contributed by atoms with Crippen molar-refractivity contribution in [3.63, 3.8) is 0 Å². The molecule has 7 nitrogen and oxygen atoms in total. The fourth-order valence-corrected chi connectivity index (χ4v) is 6.79. The number of unbranched alkanes of at least 4 members (excludes halogenated alkanes) is 19. The van der Waals surface area contributed by atoms with E-state index in [0.29, 0.717) is 25.8 Å². The molecule has 0 aliphatic rings. The molecule has 0 heterocycles. The van der Waals surface area contributed by atoms with Crippen LogP contribution >= 0.6 is 0 Å². The minimum Gasteiger partial charge on any atom is -0.481 e. The molecule has 0 fully saturated rings. The summed E-state index contributed by atoms with van der Waals surface area (Å²) in [5, 5.41) is 29.5. The Balaban J connectivity index is 4.44. The van der Waals surface area contributed by atoms with Crippen LogP contribution in [-0.4, -0.2) is 63.9 Å². The van der Waals surface area contributed by atoms with Crippen molar-refractivity contribution in [2.45, 2.75) is 168 Å². The third-order valence-electron chi connectivity index (χ3n) is 9.89. The molecule has 0 aromatic carbocycles. The standard InChI is InChI=1S/C38H71NO6/c1-5-9-10-11-12-13-14-15-16-17-18-19-20-21-22-23-24-25-26-27-28-29-39(30-33(6-2)36(40)41,31-34(7-3)37(42)43)32-35(8-4)38(44)45/h5,33-35H,1,6-32H2,2-4H3,(H2-,40,41,42,43,44,45)/p+1. The highest BCUT2D eigenvalue weighted by atomic mass is 16.4. The molecular weight excluding hydrogens is 566 g/mol. The van der Waals surface area contributed by atoms with Crippen LogP contribution in [0.5, 0.6) is 0 Å². The molecule has 0 bridgehead atoms. The normalized spacial score (nSPS) is 14.8. The van der Waals surface area contributed by atoms with Crippen molar-refractivity contribution in [1.82, 2.24) is 0 Å². The van der Waals surface area contributed by atoms with Crippen LogP contribution in [0.4, 0.5) is 0 Å². The van der Waals surface area contributed by atoms with E-state index in [1.807, 2.05) is 26.8 Å². The molecule has 0 saturated carbocycles. The van der Waals surface area contributed by atoms with Crippen molar-refractivity contribution in [3.8, 4) is 0 Å². The Morgan fingerprint density at radius 3 is 0.956 bits per heavy atom. The molecule has 0 saturated heterocycles. The highest BCUT2D eigenvalue weighted by Gasteiger charge is 2.40. The molecule has 0 rings (SSSR count). The number of hydrogen-bond donors (Lipinski definition) is 3. The monoisotopic (exact) mass is 639 g/mol. The van der Waals surface area contributed by atoms with Gasteiger partial charge in [-0.05, 0) is 44.9 Å². The summed E-state index contributed by atoms with van der Waals surface area (Å²) in [7, 11) is 0. The van der Waals surface area contributed by atoms with Gasteiger partial charge in [0.2, 0.25) is 0 Å². The lowest BCUT2D eigenvalue weighted by molar-refractivity contribution is -0.935. The molecule has 264 valence electrons. The smallest absolute Gasteiger partial charge is 0.312 e. The maximum absolute atomic E-state index is 12.0. The Hall–Kier alpha value is -1.89. The van der Waals surface area contributed by atoms with E-state index in [1.54, 1.807) is 0 Å². The summed E-state index contributed by atoms with van der Waals surface area (Å²) in [6.07, 6.45) is 28.9. The van der Waals surface area contributed by atoms with Gasteiger partial charge in [0.05, 0.1) is 26.2 Å². The van der Waals surface area contributed by atoms with Crippen molar-refractivity contribution >= 4 is 17.9 Å². The number of aliphatic carboxylic acids is 3. The molecule has 3 N–H and O–H groups in total. The van der Waals surface area contributed by atoms with Crippen LogP contribution in [0.15, 0.2) is 12.7 Å². The molecule has 3 unspecified atom stereocenters. The third-order valence-corrected chi connectivity index (χ3v) is 9.89. The maximum Gasteiger partial charge on any atom is 0.312 e. The highest BCUT2D eigenvalue weighted by molar-refractivity contribution is 5.71. The molecule has 0 radical (unpaired) electrons. The average molecular weight is 639 g/mol. The molecule has 0 aromatic heterocycles. The number of carboxylic acid groups (broad SMARTS) is 3. The number of carboxylic acids is 3. The van der Waals surface area contributed by atoms with Gasteiger partial charge in [0.1, 0.15) is 17.8 Å². The van der Waals surface area contributed by atoms with Crippen LogP contribution < -0.4 is 0 Å². The van der Waals surface area contributed by atoms with E-state index in [2.05, 4.69) is 6.58 Å². The summed E-state index contributed by atoms with van der Waals surface area (Å²) in [6.45, 7) is 10.8. The second-order valence-corrected chi connectivity index (χ2v) is 13.7. The fourth-order valence-electron chi connectivity index (χ4n) is 6.79. The van der Waals surface area contributed by atoms with Crippen LogP contribution in [0.3, 0.4) is 0 Å². The number of hydrogen-bond acceptors (Lipinski definition) is 3. The zero-order valence-electron chi connectivity index (χ0n) is 29.6. The molecule has 0 amide bonds. The van der Waals surface area contributed by atoms with Gasteiger partial charge in [-0.15, -0.1) is 6.58 Å². The number of rotatable bonds is 34. The number of carbonyl (C=O) groups is 3. The Bertz CT molecular complexity index is 710. The topological polar surface area (TPSA) is 112 Å². The number of nitrogens with zero attached hydrogens (tertiary/aromatic N) is 1. The molecule has 7 heteroatoms. The molecule has 0 aliphatic heterocycles. The number of allylic oxidation sites excluding steroid dienone is 1. The SMILES string of the molecule is C=CCCCCCCCCCCCCCCCCCCCCC[N+](CC(CC)C(=O)O)(CC(CC)C(=O)O)CC(CC)C(=O)O. The minimum atomic E-state index is -0.886. The van der Waals surface area contributed by atoms with E-state index < -0.39 is 35.7 Å². The first-order valence-electron chi connectivity index (χ1n) is 18.8. The van der Waals surface area contributed by atoms with Crippen LogP contribution in [0.25, 0.3) is 0 Å². The van der Waals surface area contributed by atoms with Gasteiger partial charge in [-0.2, -0.15) is 0 Å². The highest BCUT2D eigenvalue weighted by Crippen LogP contribution is 2.25. The maximum atomic E-state index is 12.0. The summed E-state index contributed by atoms with van der Waals surface area (Å²) >= 11 is 0. The molecular formula is C38H72NO6+. The summed E-state index contributed by atoms with van der Waals surface area (Å²) < 4.78 is 0.261. The quantitative estimate of drug-likeness (QED) is 0.0367. The summed E-state index contributed by atoms with van der Waals surface area (Å²) in [6, 6.07) is 0. The van der Waals surface area contributed by atoms with Gasteiger partial charge in [0, 0.05) is 0 Å². The van der Waals surface area contributed by atoms with E-state index >= 15 is 0 Å². The van der Waals surface area contributed by atoms with Gasteiger partial charge in [-0.1, -0.05) is 130 Å². The minimum absolute atomic E-state index is 0.261. The first-order chi connectivity index (χ1) is 21.7. The van der Waals surface area contributed by atoms with Gasteiger partial charge in [-0.25, -0.2) is 0 Å². The van der Waals surface area contributed by atoms with Gasteiger partial charge < -0.3 is 19.8 Å². The summed E-state index contributed by atoms with van der Waals surface area (Å²) in [5.74, 6) is -4.50. The fraction of sp³-hybridized carbons (Fsp3) is 0.868. The second kappa shape index (κ2) is 28.3. The summed E-state index contributed by atoms with van der Waals surface area (Å²) in [5.41, 5.74) is 0. The molecule has 0 aromatic rings. The van der Waals surface area contributed by atoms with Crippen molar-refractivity contribution in [1.29, 1.82) is 0 Å². The molecule has 0 aliphatic carbocycles. The van der Waals surface area contributed by atoms with E-state index in [-0.39, 0.29) is 24.1 Å². The van der Waals surface area contributed by atoms with Crippen molar-refractivity contribution in [2.75, 3.05) is 26.2 Å². The second-order valence-electron chi connectivity index (χ2n) is 13.7. The van der Waals surface area contributed by atoms with Gasteiger partial charge in [0.15, 0.2) is 0 Å². The lowest BCUT2D eigenvalue weighted by Crippen LogP contribution is -2.58. The van der Waals surface area contributed by atoms with Crippen molar-refractivity contribution in [2.24, 2.45) is 17.8 Å². The Morgan fingerprint density at radius 2 is 0.733 bits per heavy atom. The van der Waals surface area contributed by atoms with E-state index in [1.165, 1.54) is 103 Å². The lowest BCUT2D eigenvalue weighted by Gasteiger charge is -2.43. The predicted molar refractivity (Wildman–Crippen MR) is 187 cm³/mol. The largest absolute Gasteiger partial charge is 0.481 e. The van der Waals surface area contributed by atoms with Crippen LogP contribution in [-0.2, 0) is 14.4 Å². The average Bonchev–Trinajstić information content (AvgIpc) is 3.01. The Kier molecular flexibility index (Phi) is 27.2. The van der Waals surface area contributed by atoms with Crippen LogP contribution in [0, 0.1) is 17.8 Å². The summed E-state index contributed by atoms with van der Waals surface area (Å²) in [4.78, 5) is 36.0. The molecule has 45 heavy (non-hydrogen) atoms. The number of quaternary nitrogens is 1. The van der Waals surface area contributed by atoms with Gasteiger partial charge in [-0.3, -0.25) is 14.4 Å². The third kappa shape index (κ3) is 22.3. The van der Waals surface area contributed by atoms with Crippen LogP contribution in [0.2, 0.25) is 0 Å². The Labute approximate surface area is 276 Å². The van der Waals surface area contributed by atoms with E-state index in [4.69, 9.17) is 0 Å². The lowest BCUT2D eigenvalue weighted by atomic mass is 9.95. The predicted octanol–water partition coefficient (Wildman–Crippen LogP) is 10.1. The van der Waals surface area contributed by atoms with E-state index in [9.17, 15) is 29.7 Å². The molecule has 0 spiro atoms. The van der Waals surface area contributed by atoms with Gasteiger partial charge in [0.25, 0.3) is 0 Å². The van der Waals surface area contributed by atoms with Crippen molar-refractivity contribution in [3.05, 3.63) is 12.7 Å². The Morgan fingerprint density at radius 1 is 0.489 bits per heavy atom. The first-order valence-corrected chi connectivity index (χ1v) is 18.8. The zero-order valence-corrected chi connectivity index (χ0v) is 29.6. The van der Waals surface area contributed by atoms with Crippen LogP contribution in [0.1, 0.15) is 168 Å². The zero-order chi connectivity index (χ0) is 33.8. The molecule has 3 atom stereocenters. The first kappa shape index (κ1) is 43.1. The van der Waals surface area contributed by atoms with E-state index in [0.717, 1.165) is 25.7 Å². The van der Waals surface area contributed by atoms with Gasteiger partial charge >= 0.3 is 17.9 Å². The van der Waals surface area contributed by atoms with Crippen molar-refractivity contribution < 1.29 is 34.2 Å².